The first-order valence-electron chi connectivity index (χ1n) is 14.6. The van der Waals surface area contributed by atoms with Crippen LogP contribution in [0.2, 0.25) is 0 Å². The third-order valence-corrected chi connectivity index (χ3v) is 9.21. The van der Waals surface area contributed by atoms with Gasteiger partial charge in [0.1, 0.15) is 0 Å². The second kappa shape index (κ2) is 8.96. The van der Waals surface area contributed by atoms with Gasteiger partial charge in [-0.1, -0.05) is 111 Å². The molecule has 2 nitrogen and oxygen atoms in total. The van der Waals surface area contributed by atoms with Crippen molar-refractivity contribution in [2.75, 3.05) is 0 Å². The quantitative estimate of drug-likeness (QED) is 0.203. The Morgan fingerprint density at radius 3 is 2.12 bits per heavy atom. The van der Waals surface area contributed by atoms with E-state index in [9.17, 15) is 0 Å². The molecule has 1 aliphatic heterocycles. The lowest BCUT2D eigenvalue weighted by atomic mass is 9.80. The van der Waals surface area contributed by atoms with Gasteiger partial charge in [0, 0.05) is 45.5 Å². The summed E-state index contributed by atoms with van der Waals surface area (Å²) in [5.41, 5.74) is 11.1. The summed E-state index contributed by atoms with van der Waals surface area (Å²) < 4.78 is 2.54. The summed E-state index contributed by atoms with van der Waals surface area (Å²) in [4.78, 5) is 2.08. The predicted octanol–water partition coefficient (Wildman–Crippen LogP) is 10.5. The van der Waals surface area contributed by atoms with Crippen LogP contribution in [0, 0.1) is 0 Å². The normalized spacial score (nSPS) is 15.6. The summed E-state index contributed by atoms with van der Waals surface area (Å²) >= 11 is 0. The molecule has 8 rings (SSSR count). The molecule has 0 saturated carbocycles. The zero-order valence-corrected chi connectivity index (χ0v) is 24.2. The number of rotatable bonds is 3. The van der Waals surface area contributed by atoms with E-state index >= 15 is 0 Å². The van der Waals surface area contributed by atoms with Crippen LogP contribution in [0.3, 0.4) is 0 Å². The van der Waals surface area contributed by atoms with Gasteiger partial charge in [0.2, 0.25) is 0 Å². The van der Waals surface area contributed by atoms with Gasteiger partial charge in [0.25, 0.3) is 0 Å². The van der Waals surface area contributed by atoms with Crippen molar-refractivity contribution in [2.45, 2.75) is 26.2 Å². The van der Waals surface area contributed by atoms with Crippen molar-refractivity contribution < 1.29 is 0 Å². The molecular weight excluding hydrogens is 508 g/mol. The van der Waals surface area contributed by atoms with E-state index in [2.05, 4.69) is 140 Å². The van der Waals surface area contributed by atoms with Crippen molar-refractivity contribution in [1.29, 1.82) is 0 Å². The Morgan fingerprint density at radius 2 is 1.38 bits per heavy atom. The lowest BCUT2D eigenvalue weighted by molar-refractivity contribution is 0.650. The van der Waals surface area contributed by atoms with E-state index in [4.69, 9.17) is 0 Å². The maximum atomic E-state index is 4.17. The van der Waals surface area contributed by atoms with E-state index < -0.39 is 0 Å². The maximum Gasteiger partial charge on any atom is 0.0623 e. The number of hydrogen-bond acceptors (Lipinski definition) is 1. The zero-order chi connectivity index (χ0) is 28.6. The van der Waals surface area contributed by atoms with Crippen molar-refractivity contribution in [1.82, 2.24) is 9.47 Å². The molecule has 202 valence electrons. The second-order valence-corrected chi connectivity index (χ2v) is 12.0. The van der Waals surface area contributed by atoms with Crippen LogP contribution in [0.25, 0.3) is 55.0 Å². The van der Waals surface area contributed by atoms with Crippen LogP contribution < -0.4 is 0 Å². The summed E-state index contributed by atoms with van der Waals surface area (Å²) in [5, 5.41) is 6.58. The highest BCUT2D eigenvalue weighted by Crippen LogP contribution is 2.56. The zero-order valence-electron chi connectivity index (χ0n) is 24.2. The van der Waals surface area contributed by atoms with Crippen LogP contribution in [-0.2, 0) is 5.41 Å². The van der Waals surface area contributed by atoms with Gasteiger partial charge in [-0.15, -0.1) is 0 Å². The Balaban J connectivity index is 1.43. The first-order valence-corrected chi connectivity index (χ1v) is 14.6. The smallest absolute Gasteiger partial charge is 0.0623 e. The monoisotopic (exact) mass is 540 g/mol. The molecule has 0 N–H and O–H groups in total. The molecule has 2 aliphatic rings. The molecule has 2 heteroatoms. The number of nitrogens with zero attached hydrogens (tertiary/aromatic N) is 2. The number of allylic oxidation sites excluding steroid dienone is 4. The second-order valence-electron chi connectivity index (χ2n) is 12.0. The summed E-state index contributed by atoms with van der Waals surface area (Å²) in [5.74, 6) is 0. The molecule has 0 atom stereocenters. The average molecular weight is 541 g/mol. The molecule has 0 amide bonds. The average Bonchev–Trinajstić information content (AvgIpc) is 3.50. The van der Waals surface area contributed by atoms with Gasteiger partial charge < -0.3 is 9.47 Å². The highest BCUT2D eigenvalue weighted by molar-refractivity contribution is 6.27. The van der Waals surface area contributed by atoms with Crippen molar-refractivity contribution in [3.8, 4) is 16.9 Å². The van der Waals surface area contributed by atoms with E-state index in [-0.39, 0.29) is 5.41 Å². The topological polar surface area (TPSA) is 8.17 Å². The van der Waals surface area contributed by atoms with Gasteiger partial charge in [0.05, 0.1) is 11.2 Å². The molecule has 5 aromatic carbocycles. The van der Waals surface area contributed by atoms with E-state index in [1.165, 1.54) is 71.7 Å². The fraction of sp³-hybridized carbons (Fsp3) is 0.100. The summed E-state index contributed by atoms with van der Waals surface area (Å²) in [6.45, 7) is 11.1. The fourth-order valence-electron chi connectivity index (χ4n) is 7.21. The van der Waals surface area contributed by atoms with Crippen molar-refractivity contribution in [3.63, 3.8) is 0 Å². The van der Waals surface area contributed by atoms with Gasteiger partial charge in [-0.3, -0.25) is 0 Å². The maximum absolute atomic E-state index is 4.17. The van der Waals surface area contributed by atoms with Crippen molar-refractivity contribution in [2.24, 2.45) is 0 Å². The molecule has 0 unspecified atom stereocenters. The van der Waals surface area contributed by atoms with E-state index in [1.807, 2.05) is 24.4 Å². The minimum atomic E-state index is -0.126. The Labute approximate surface area is 246 Å². The predicted molar refractivity (Wildman–Crippen MR) is 179 cm³/mol. The van der Waals surface area contributed by atoms with Gasteiger partial charge in [-0.2, -0.15) is 0 Å². The van der Waals surface area contributed by atoms with Crippen LogP contribution in [-0.4, -0.2) is 9.47 Å². The standard InChI is InChI=1S/C40H32N2/c1-26(25-41-24-12-11-13-27(41)2)28-20-22-29(23-21-28)42-38-33-17-8-6-15-31(33)30-14-5-7-16-32(30)36(38)37-39(42)34-18-9-10-19-35(34)40(37,3)4/h5-25H,2H2,1,3-4H3/b26-25+. The molecule has 1 aromatic heterocycles. The van der Waals surface area contributed by atoms with Crippen LogP contribution in [0.15, 0.2) is 140 Å². The summed E-state index contributed by atoms with van der Waals surface area (Å²) in [7, 11) is 0. The van der Waals surface area contributed by atoms with Gasteiger partial charge in [-0.05, 0) is 69.6 Å². The van der Waals surface area contributed by atoms with E-state index in [1.54, 1.807) is 0 Å². The van der Waals surface area contributed by atoms with Gasteiger partial charge in [0.15, 0.2) is 0 Å². The van der Waals surface area contributed by atoms with E-state index in [0.29, 0.717) is 0 Å². The molecule has 1 aliphatic carbocycles. The highest BCUT2D eigenvalue weighted by atomic mass is 15.1. The van der Waals surface area contributed by atoms with Crippen LogP contribution in [0.5, 0.6) is 0 Å². The van der Waals surface area contributed by atoms with Crippen LogP contribution in [0.1, 0.15) is 37.5 Å². The Hall–Kier alpha value is -5.08. The molecule has 42 heavy (non-hydrogen) atoms. The molecule has 0 radical (unpaired) electrons. The lowest BCUT2D eigenvalue weighted by Crippen LogP contribution is -2.14. The van der Waals surface area contributed by atoms with Gasteiger partial charge in [-0.25, -0.2) is 0 Å². The largest absolute Gasteiger partial charge is 0.324 e. The molecule has 0 bridgehead atoms. The Morgan fingerprint density at radius 1 is 0.738 bits per heavy atom. The van der Waals surface area contributed by atoms with E-state index in [0.717, 1.165) is 5.70 Å². The minimum Gasteiger partial charge on any atom is -0.324 e. The molecular formula is C40H32N2. The lowest BCUT2D eigenvalue weighted by Gasteiger charge is -2.22. The summed E-state index contributed by atoms with van der Waals surface area (Å²) in [6, 6.07) is 35.9. The number of aromatic nitrogens is 1. The Kier molecular flexibility index (Phi) is 5.27. The first-order chi connectivity index (χ1) is 20.4. The van der Waals surface area contributed by atoms with Crippen LogP contribution >= 0.6 is 0 Å². The first kappa shape index (κ1) is 24.7. The number of hydrogen-bond donors (Lipinski definition) is 0. The molecule has 0 spiro atoms. The fourth-order valence-corrected chi connectivity index (χ4v) is 7.21. The minimum absolute atomic E-state index is 0.126. The highest BCUT2D eigenvalue weighted by Gasteiger charge is 2.41. The van der Waals surface area contributed by atoms with Crippen molar-refractivity contribution >= 4 is 38.0 Å². The molecule has 0 saturated heterocycles. The molecule has 2 heterocycles. The molecule has 6 aromatic rings. The Bertz CT molecular complexity index is 2180. The van der Waals surface area contributed by atoms with Gasteiger partial charge >= 0.3 is 0 Å². The van der Waals surface area contributed by atoms with Crippen molar-refractivity contribution in [3.05, 3.63) is 157 Å². The third-order valence-electron chi connectivity index (χ3n) is 9.21. The third kappa shape index (κ3) is 3.39. The van der Waals surface area contributed by atoms with Crippen LogP contribution in [0.4, 0.5) is 0 Å². The SMILES string of the molecule is C=C1C=CC=CN1/C=C(\C)c1ccc(-n2c3c(c4c5ccccc5c5ccccc5c42)C(C)(C)c2ccccc2-3)cc1. The molecule has 0 fully saturated rings. The number of benzene rings is 5. The summed E-state index contributed by atoms with van der Waals surface area (Å²) in [6.07, 6.45) is 10.3. The number of fused-ring (bicyclic) bond motifs is 10.